The first kappa shape index (κ1) is 25.3. The first-order chi connectivity index (χ1) is 14.5. The normalized spacial score (nSPS) is 16.5. The minimum atomic E-state index is 0. The van der Waals surface area contributed by atoms with Crippen LogP contribution in [0.2, 0.25) is 0 Å². The second-order valence-electron chi connectivity index (χ2n) is 7.58. The van der Waals surface area contributed by atoms with Gasteiger partial charge in [-0.25, -0.2) is 0 Å². The highest BCUT2D eigenvalue weighted by Crippen LogP contribution is 2.28. The maximum absolute atomic E-state index is 6.08. The molecule has 0 aromatic heterocycles. The largest absolute Gasteiger partial charge is 0.493 e. The number of benzene rings is 2. The zero-order valence-electron chi connectivity index (χ0n) is 19.1. The van der Waals surface area contributed by atoms with E-state index in [1.54, 1.807) is 14.2 Å². The van der Waals surface area contributed by atoms with Crippen LogP contribution < -0.4 is 14.8 Å². The molecule has 3 rings (SSSR count). The van der Waals surface area contributed by atoms with Crippen molar-refractivity contribution in [2.75, 3.05) is 47.5 Å². The van der Waals surface area contributed by atoms with Crippen molar-refractivity contribution in [2.45, 2.75) is 26.4 Å². The number of morpholine rings is 1. The minimum absolute atomic E-state index is 0. The summed E-state index contributed by atoms with van der Waals surface area (Å²) in [5, 5.41) is 3.50. The number of nitrogens with zero attached hydrogens (tertiary/aromatic N) is 2. The number of ether oxygens (including phenoxy) is 3. The molecule has 31 heavy (non-hydrogen) atoms. The van der Waals surface area contributed by atoms with Gasteiger partial charge in [-0.1, -0.05) is 29.8 Å². The van der Waals surface area contributed by atoms with Gasteiger partial charge in [0.2, 0.25) is 0 Å². The minimum Gasteiger partial charge on any atom is -0.493 e. The maximum atomic E-state index is 6.08. The molecule has 0 aliphatic carbocycles. The van der Waals surface area contributed by atoms with Gasteiger partial charge in [-0.3, -0.25) is 4.99 Å². The van der Waals surface area contributed by atoms with E-state index in [1.165, 1.54) is 22.3 Å². The molecule has 1 aliphatic rings. The Balaban J connectivity index is 0.00000341. The Kier molecular flexibility index (Phi) is 9.90. The summed E-state index contributed by atoms with van der Waals surface area (Å²) in [6.07, 6.45) is 0.924. The van der Waals surface area contributed by atoms with Gasteiger partial charge in [0.05, 0.1) is 27.4 Å². The highest BCUT2D eigenvalue weighted by atomic mass is 127. The molecule has 1 heterocycles. The number of halogens is 1. The number of hydrogen-bond acceptors (Lipinski definition) is 4. The van der Waals surface area contributed by atoms with Crippen molar-refractivity contribution in [3.8, 4) is 11.5 Å². The van der Waals surface area contributed by atoms with E-state index in [-0.39, 0.29) is 30.1 Å². The lowest BCUT2D eigenvalue weighted by atomic mass is 10.00. The Morgan fingerprint density at radius 2 is 1.90 bits per heavy atom. The van der Waals surface area contributed by atoms with Crippen LogP contribution >= 0.6 is 24.0 Å². The van der Waals surface area contributed by atoms with E-state index in [0.29, 0.717) is 6.61 Å². The van der Waals surface area contributed by atoms with Crippen molar-refractivity contribution >= 4 is 29.9 Å². The lowest BCUT2D eigenvalue weighted by Crippen LogP contribution is -2.48. The topological polar surface area (TPSA) is 55.3 Å². The predicted molar refractivity (Wildman–Crippen MR) is 136 cm³/mol. The highest BCUT2D eigenvalue weighted by molar-refractivity contribution is 14.0. The van der Waals surface area contributed by atoms with Crippen LogP contribution in [0.15, 0.2) is 41.4 Å². The van der Waals surface area contributed by atoms with E-state index in [0.717, 1.165) is 43.5 Å². The molecule has 1 fully saturated rings. The molecule has 6 nitrogen and oxygen atoms in total. The summed E-state index contributed by atoms with van der Waals surface area (Å²) in [7, 11) is 5.14. The molecule has 2 aromatic carbocycles. The average Bonchev–Trinajstić information content (AvgIpc) is 2.76. The monoisotopic (exact) mass is 539 g/mol. The van der Waals surface area contributed by atoms with Gasteiger partial charge in [0.1, 0.15) is 6.10 Å². The summed E-state index contributed by atoms with van der Waals surface area (Å²) in [6.45, 7) is 7.37. The van der Waals surface area contributed by atoms with Crippen LogP contribution in [0.4, 0.5) is 0 Å². The summed E-state index contributed by atoms with van der Waals surface area (Å²) in [4.78, 5) is 6.78. The van der Waals surface area contributed by atoms with Crippen molar-refractivity contribution in [2.24, 2.45) is 4.99 Å². The van der Waals surface area contributed by atoms with Crippen LogP contribution in [0.25, 0.3) is 0 Å². The number of rotatable bonds is 6. The zero-order chi connectivity index (χ0) is 21.5. The van der Waals surface area contributed by atoms with Gasteiger partial charge in [-0.15, -0.1) is 24.0 Å². The fourth-order valence-electron chi connectivity index (χ4n) is 3.90. The summed E-state index contributed by atoms with van der Waals surface area (Å²) < 4.78 is 16.8. The van der Waals surface area contributed by atoms with E-state index in [1.807, 2.05) is 19.2 Å². The molecule has 0 amide bonds. The van der Waals surface area contributed by atoms with Crippen molar-refractivity contribution in [1.29, 1.82) is 0 Å². The molecule has 0 bridgehead atoms. The molecule has 0 saturated carbocycles. The number of aliphatic imine (C=N–C) groups is 1. The molecule has 1 aliphatic heterocycles. The third-order valence-electron chi connectivity index (χ3n) is 5.49. The molecule has 1 unspecified atom stereocenters. The fourth-order valence-corrected chi connectivity index (χ4v) is 3.90. The van der Waals surface area contributed by atoms with Crippen LogP contribution in [-0.4, -0.2) is 58.4 Å². The molecular formula is C24H34IN3O3. The van der Waals surface area contributed by atoms with Crippen LogP contribution in [0, 0.1) is 13.8 Å². The Labute approximate surface area is 203 Å². The molecular weight excluding hydrogens is 505 g/mol. The molecule has 1 atom stereocenters. The van der Waals surface area contributed by atoms with E-state index in [2.05, 4.69) is 53.3 Å². The van der Waals surface area contributed by atoms with Gasteiger partial charge in [-0.2, -0.15) is 0 Å². The zero-order valence-corrected chi connectivity index (χ0v) is 21.4. The van der Waals surface area contributed by atoms with Crippen LogP contribution in [0.5, 0.6) is 11.5 Å². The second kappa shape index (κ2) is 12.1. The summed E-state index contributed by atoms with van der Waals surface area (Å²) >= 11 is 0. The lowest BCUT2D eigenvalue weighted by molar-refractivity contribution is -0.00830. The van der Waals surface area contributed by atoms with Gasteiger partial charge in [0.15, 0.2) is 17.5 Å². The van der Waals surface area contributed by atoms with Gasteiger partial charge in [0.25, 0.3) is 0 Å². The SMILES string of the molecule is CN=C(NCCc1ccc(OC)c(OC)c1)N1CCOC(c2ccc(C)cc2C)C1.I. The number of hydrogen-bond donors (Lipinski definition) is 1. The quantitative estimate of drug-likeness (QED) is 0.340. The summed E-state index contributed by atoms with van der Waals surface area (Å²) in [5.74, 6) is 2.41. The molecule has 0 radical (unpaired) electrons. The van der Waals surface area contributed by atoms with Gasteiger partial charge < -0.3 is 24.4 Å². The Bertz CT molecular complexity index is 888. The smallest absolute Gasteiger partial charge is 0.193 e. The Morgan fingerprint density at radius 1 is 1.13 bits per heavy atom. The number of methoxy groups -OCH3 is 2. The maximum Gasteiger partial charge on any atom is 0.193 e. The Hall–Kier alpha value is -2.00. The van der Waals surface area contributed by atoms with Crippen molar-refractivity contribution in [1.82, 2.24) is 10.2 Å². The highest BCUT2D eigenvalue weighted by Gasteiger charge is 2.25. The first-order valence-corrected chi connectivity index (χ1v) is 10.4. The van der Waals surface area contributed by atoms with Crippen LogP contribution in [-0.2, 0) is 11.2 Å². The predicted octanol–water partition coefficient (Wildman–Crippen LogP) is 4.13. The standard InChI is InChI=1S/C24H33N3O3.HI/c1-17-6-8-20(18(2)14-17)23-16-27(12-13-30-23)24(25-3)26-11-10-19-7-9-21(28-4)22(15-19)29-5;/h6-9,14-15,23H,10-13,16H2,1-5H3,(H,25,26);1H. The van der Waals surface area contributed by atoms with E-state index in [9.17, 15) is 0 Å². The lowest BCUT2D eigenvalue weighted by Gasteiger charge is -2.36. The number of guanidine groups is 1. The first-order valence-electron chi connectivity index (χ1n) is 10.4. The molecule has 170 valence electrons. The van der Waals surface area contributed by atoms with E-state index < -0.39 is 0 Å². The Morgan fingerprint density at radius 3 is 2.58 bits per heavy atom. The summed E-state index contributed by atoms with van der Waals surface area (Å²) in [5.41, 5.74) is 4.99. The van der Waals surface area contributed by atoms with Crippen molar-refractivity contribution < 1.29 is 14.2 Å². The number of aryl methyl sites for hydroxylation is 2. The van der Waals surface area contributed by atoms with E-state index >= 15 is 0 Å². The fraction of sp³-hybridized carbons (Fsp3) is 0.458. The van der Waals surface area contributed by atoms with Crippen LogP contribution in [0.3, 0.4) is 0 Å². The van der Waals surface area contributed by atoms with Crippen LogP contribution in [0.1, 0.15) is 28.4 Å². The van der Waals surface area contributed by atoms with E-state index in [4.69, 9.17) is 14.2 Å². The average molecular weight is 539 g/mol. The van der Waals surface area contributed by atoms with Gasteiger partial charge >= 0.3 is 0 Å². The third-order valence-corrected chi connectivity index (χ3v) is 5.49. The summed E-state index contributed by atoms with van der Waals surface area (Å²) in [6, 6.07) is 12.6. The third kappa shape index (κ3) is 6.49. The van der Waals surface area contributed by atoms with Gasteiger partial charge in [0, 0.05) is 20.1 Å². The molecule has 2 aromatic rings. The number of nitrogens with one attached hydrogen (secondary N) is 1. The van der Waals surface area contributed by atoms with Crippen molar-refractivity contribution in [3.63, 3.8) is 0 Å². The van der Waals surface area contributed by atoms with Gasteiger partial charge in [-0.05, 0) is 49.1 Å². The molecule has 7 heteroatoms. The molecule has 1 N–H and O–H groups in total. The second-order valence-corrected chi connectivity index (χ2v) is 7.58. The molecule has 1 saturated heterocycles. The van der Waals surface area contributed by atoms with Crippen molar-refractivity contribution in [3.05, 3.63) is 58.7 Å². The molecule has 0 spiro atoms.